The number of benzene rings is 1. The Morgan fingerprint density at radius 3 is 2.82 bits per heavy atom. The minimum absolute atomic E-state index is 0.523. The predicted molar refractivity (Wildman–Crippen MR) is 69.1 cm³/mol. The van der Waals surface area contributed by atoms with Crippen LogP contribution in [-0.2, 0) is 0 Å². The maximum absolute atomic E-state index is 4.36. The normalized spacial score (nSPS) is 17.2. The van der Waals surface area contributed by atoms with Crippen molar-refractivity contribution in [2.75, 3.05) is 18.4 Å². The molecule has 0 saturated carbocycles. The Kier molecular flexibility index (Phi) is 2.88. The number of rotatable bonds is 2. The molecule has 1 saturated heterocycles. The summed E-state index contributed by atoms with van der Waals surface area (Å²) in [6, 6.07) is 8.64. The summed E-state index contributed by atoms with van der Waals surface area (Å²) in [6.07, 6.45) is 3.93. The van der Waals surface area contributed by atoms with E-state index in [0.717, 1.165) is 42.7 Å². The maximum Gasteiger partial charge on any atom is 0.137 e. The second-order valence-corrected chi connectivity index (χ2v) is 4.41. The summed E-state index contributed by atoms with van der Waals surface area (Å²) in [4.78, 5) is 8.63. The molecule has 0 amide bonds. The fourth-order valence-electron chi connectivity index (χ4n) is 2.28. The molecule has 4 nitrogen and oxygen atoms in total. The van der Waals surface area contributed by atoms with Crippen LogP contribution in [0.3, 0.4) is 0 Å². The lowest BCUT2D eigenvalue weighted by atomic mass is 10.1. The Morgan fingerprint density at radius 2 is 1.94 bits per heavy atom. The smallest absolute Gasteiger partial charge is 0.137 e. The lowest BCUT2D eigenvalue weighted by Crippen LogP contribution is -2.35. The average molecular weight is 228 g/mol. The molecule has 1 aromatic carbocycles. The van der Waals surface area contributed by atoms with Crippen molar-refractivity contribution in [1.29, 1.82) is 0 Å². The highest BCUT2D eigenvalue weighted by molar-refractivity contribution is 5.88. The zero-order chi connectivity index (χ0) is 11.5. The van der Waals surface area contributed by atoms with E-state index >= 15 is 0 Å². The lowest BCUT2D eigenvalue weighted by Gasteiger charge is -2.24. The van der Waals surface area contributed by atoms with Crippen LogP contribution in [0.25, 0.3) is 10.9 Å². The first-order valence-corrected chi connectivity index (χ1v) is 6.10. The van der Waals surface area contributed by atoms with Crippen molar-refractivity contribution in [2.45, 2.75) is 18.9 Å². The number of piperidine rings is 1. The first-order valence-electron chi connectivity index (χ1n) is 6.10. The number of hydrogen-bond donors (Lipinski definition) is 2. The van der Waals surface area contributed by atoms with E-state index in [4.69, 9.17) is 0 Å². The number of nitrogens with one attached hydrogen (secondary N) is 2. The van der Waals surface area contributed by atoms with Crippen LogP contribution < -0.4 is 10.6 Å². The number of aromatic nitrogens is 2. The third kappa shape index (κ3) is 2.22. The Balaban J connectivity index is 1.89. The molecule has 2 N–H and O–H groups in total. The molecule has 0 aliphatic carbocycles. The van der Waals surface area contributed by atoms with Gasteiger partial charge in [0.15, 0.2) is 0 Å². The first kappa shape index (κ1) is 10.5. The van der Waals surface area contributed by atoms with Crippen LogP contribution in [0, 0.1) is 0 Å². The summed E-state index contributed by atoms with van der Waals surface area (Å²) in [5.74, 6) is 0.961. The highest BCUT2D eigenvalue weighted by Crippen LogP contribution is 2.20. The van der Waals surface area contributed by atoms with E-state index in [0.29, 0.717) is 6.04 Å². The summed E-state index contributed by atoms with van der Waals surface area (Å²) in [6.45, 7) is 2.17. The van der Waals surface area contributed by atoms with E-state index in [1.54, 1.807) is 6.33 Å². The zero-order valence-electron chi connectivity index (χ0n) is 9.69. The van der Waals surface area contributed by atoms with Crippen LogP contribution in [0.2, 0.25) is 0 Å². The minimum atomic E-state index is 0.523. The van der Waals surface area contributed by atoms with Gasteiger partial charge in [0, 0.05) is 11.4 Å². The van der Waals surface area contributed by atoms with Crippen molar-refractivity contribution in [3.8, 4) is 0 Å². The predicted octanol–water partition coefficient (Wildman–Crippen LogP) is 1.79. The topological polar surface area (TPSA) is 49.8 Å². The average Bonchev–Trinajstić information content (AvgIpc) is 2.40. The van der Waals surface area contributed by atoms with Gasteiger partial charge >= 0.3 is 0 Å². The van der Waals surface area contributed by atoms with Crippen LogP contribution in [-0.4, -0.2) is 29.1 Å². The molecule has 0 unspecified atom stereocenters. The number of anilines is 1. The fourth-order valence-corrected chi connectivity index (χ4v) is 2.28. The molecule has 3 rings (SSSR count). The van der Waals surface area contributed by atoms with Crippen LogP contribution >= 0.6 is 0 Å². The molecule has 0 spiro atoms. The van der Waals surface area contributed by atoms with Crippen molar-refractivity contribution in [3.63, 3.8) is 0 Å². The van der Waals surface area contributed by atoms with Gasteiger partial charge in [-0.15, -0.1) is 0 Å². The van der Waals surface area contributed by atoms with E-state index < -0.39 is 0 Å². The Morgan fingerprint density at radius 1 is 1.12 bits per heavy atom. The summed E-state index contributed by atoms with van der Waals surface area (Å²) < 4.78 is 0. The van der Waals surface area contributed by atoms with E-state index in [-0.39, 0.29) is 0 Å². The van der Waals surface area contributed by atoms with E-state index in [2.05, 4.69) is 26.7 Å². The second-order valence-electron chi connectivity index (χ2n) is 4.41. The highest BCUT2D eigenvalue weighted by atomic mass is 15.1. The Labute approximate surface area is 100 Å². The number of fused-ring (bicyclic) bond motifs is 1. The second kappa shape index (κ2) is 4.67. The van der Waals surface area contributed by atoms with Gasteiger partial charge in [0.2, 0.25) is 0 Å². The molecule has 0 atom stereocenters. The van der Waals surface area contributed by atoms with Gasteiger partial charge in [-0.05, 0) is 38.1 Å². The van der Waals surface area contributed by atoms with E-state index in [9.17, 15) is 0 Å². The molecule has 0 radical (unpaired) electrons. The molecule has 88 valence electrons. The van der Waals surface area contributed by atoms with Crippen LogP contribution in [0.5, 0.6) is 0 Å². The van der Waals surface area contributed by atoms with Gasteiger partial charge in [-0.1, -0.05) is 12.1 Å². The molecule has 2 heterocycles. The maximum atomic E-state index is 4.36. The summed E-state index contributed by atoms with van der Waals surface area (Å²) in [5, 5.41) is 8.00. The first-order chi connectivity index (χ1) is 8.43. The third-order valence-corrected chi connectivity index (χ3v) is 3.22. The third-order valence-electron chi connectivity index (χ3n) is 3.22. The van der Waals surface area contributed by atoms with Gasteiger partial charge in [0.1, 0.15) is 12.1 Å². The molecule has 4 heteroatoms. The van der Waals surface area contributed by atoms with Crippen LogP contribution in [0.1, 0.15) is 12.8 Å². The van der Waals surface area contributed by atoms with Crippen molar-refractivity contribution in [1.82, 2.24) is 15.3 Å². The highest BCUT2D eigenvalue weighted by Gasteiger charge is 2.14. The van der Waals surface area contributed by atoms with Crippen molar-refractivity contribution in [2.24, 2.45) is 0 Å². The monoisotopic (exact) mass is 228 g/mol. The minimum Gasteiger partial charge on any atom is -0.367 e. The van der Waals surface area contributed by atoms with Crippen LogP contribution in [0.4, 0.5) is 5.82 Å². The molecular weight excluding hydrogens is 212 g/mol. The molecule has 1 aliphatic rings. The SMILES string of the molecule is c1ccc2c(NC3CCNCC3)ncnc2c1. The van der Waals surface area contributed by atoms with Gasteiger partial charge in [-0.2, -0.15) is 0 Å². The van der Waals surface area contributed by atoms with Gasteiger partial charge in [0.05, 0.1) is 5.52 Å². The van der Waals surface area contributed by atoms with Gasteiger partial charge < -0.3 is 10.6 Å². The molecular formula is C13H16N4. The fraction of sp³-hybridized carbons (Fsp3) is 0.385. The molecule has 2 aromatic rings. The molecule has 1 fully saturated rings. The van der Waals surface area contributed by atoms with Crippen LogP contribution in [0.15, 0.2) is 30.6 Å². The Hall–Kier alpha value is -1.68. The van der Waals surface area contributed by atoms with E-state index in [1.165, 1.54) is 0 Å². The number of para-hydroxylation sites is 1. The largest absolute Gasteiger partial charge is 0.367 e. The van der Waals surface area contributed by atoms with Gasteiger partial charge in [-0.25, -0.2) is 9.97 Å². The standard InChI is InChI=1S/C13H16N4/c1-2-4-12-11(3-1)13(16-9-15-12)17-10-5-7-14-8-6-10/h1-4,9-10,14H,5-8H2,(H,15,16,17). The van der Waals surface area contributed by atoms with Crippen molar-refractivity contribution >= 4 is 16.7 Å². The van der Waals surface area contributed by atoms with E-state index in [1.807, 2.05) is 18.2 Å². The van der Waals surface area contributed by atoms with Gasteiger partial charge in [-0.3, -0.25) is 0 Å². The Bertz CT molecular complexity index is 500. The molecule has 1 aliphatic heterocycles. The molecule has 0 bridgehead atoms. The summed E-state index contributed by atoms with van der Waals surface area (Å²) in [5.41, 5.74) is 0.999. The molecule has 17 heavy (non-hydrogen) atoms. The quantitative estimate of drug-likeness (QED) is 0.823. The lowest BCUT2D eigenvalue weighted by molar-refractivity contribution is 0.478. The summed E-state index contributed by atoms with van der Waals surface area (Å²) >= 11 is 0. The van der Waals surface area contributed by atoms with Crippen molar-refractivity contribution < 1.29 is 0 Å². The van der Waals surface area contributed by atoms with Crippen molar-refractivity contribution in [3.05, 3.63) is 30.6 Å². The number of hydrogen-bond acceptors (Lipinski definition) is 4. The number of nitrogens with zero attached hydrogens (tertiary/aromatic N) is 2. The molecule has 1 aromatic heterocycles. The van der Waals surface area contributed by atoms with Gasteiger partial charge in [0.25, 0.3) is 0 Å². The summed E-state index contributed by atoms with van der Waals surface area (Å²) in [7, 11) is 0. The zero-order valence-corrected chi connectivity index (χ0v) is 9.69.